The first-order chi connectivity index (χ1) is 9.93. The summed E-state index contributed by atoms with van der Waals surface area (Å²) in [6.07, 6.45) is -1.18. The minimum atomic E-state index is -4.08. The summed E-state index contributed by atoms with van der Waals surface area (Å²) in [7, 11) is 0. The van der Waals surface area contributed by atoms with Crippen molar-refractivity contribution < 1.29 is 13.2 Å². The van der Waals surface area contributed by atoms with Crippen molar-refractivity contribution >= 4 is 22.9 Å². The van der Waals surface area contributed by atoms with Gasteiger partial charge in [-0.1, -0.05) is 24.9 Å². The SMILES string of the molecule is CCCNC(c1sccc1Cl)C1CCCC(C(F)(F)F)C1. The Morgan fingerprint density at radius 2 is 2.19 bits per heavy atom. The normalized spacial score (nSPS) is 25.0. The van der Waals surface area contributed by atoms with Crippen LogP contribution in [-0.4, -0.2) is 12.7 Å². The van der Waals surface area contributed by atoms with Crippen LogP contribution in [0.3, 0.4) is 0 Å². The van der Waals surface area contributed by atoms with E-state index in [0.29, 0.717) is 11.4 Å². The zero-order valence-corrected chi connectivity index (χ0v) is 13.6. The van der Waals surface area contributed by atoms with Gasteiger partial charge in [0.05, 0.1) is 10.9 Å². The molecule has 1 aliphatic carbocycles. The number of halogens is 4. The molecule has 1 N–H and O–H groups in total. The van der Waals surface area contributed by atoms with Gasteiger partial charge in [0.15, 0.2) is 0 Å². The Kier molecular flexibility index (Phi) is 5.97. The van der Waals surface area contributed by atoms with Crippen molar-refractivity contribution in [1.29, 1.82) is 0 Å². The minimum Gasteiger partial charge on any atom is -0.309 e. The molecule has 21 heavy (non-hydrogen) atoms. The summed E-state index contributed by atoms with van der Waals surface area (Å²) in [5.74, 6) is -1.16. The molecule has 3 unspecified atom stereocenters. The van der Waals surface area contributed by atoms with Gasteiger partial charge in [-0.2, -0.15) is 13.2 Å². The Hall–Kier alpha value is -0.260. The number of hydrogen-bond donors (Lipinski definition) is 1. The molecule has 0 spiro atoms. The quantitative estimate of drug-likeness (QED) is 0.713. The molecule has 0 bridgehead atoms. The molecule has 2 rings (SSSR count). The Morgan fingerprint density at radius 3 is 2.76 bits per heavy atom. The summed E-state index contributed by atoms with van der Waals surface area (Å²) < 4.78 is 39.0. The average Bonchev–Trinajstić information content (AvgIpc) is 2.85. The maximum Gasteiger partial charge on any atom is 0.391 e. The van der Waals surface area contributed by atoms with Crippen LogP contribution < -0.4 is 5.32 Å². The van der Waals surface area contributed by atoms with Crippen LogP contribution >= 0.6 is 22.9 Å². The van der Waals surface area contributed by atoms with Crippen LogP contribution in [0.4, 0.5) is 13.2 Å². The van der Waals surface area contributed by atoms with E-state index in [2.05, 4.69) is 12.2 Å². The number of nitrogens with one attached hydrogen (secondary N) is 1. The number of hydrogen-bond acceptors (Lipinski definition) is 2. The maximum atomic E-state index is 13.0. The molecule has 0 saturated heterocycles. The van der Waals surface area contributed by atoms with Crippen molar-refractivity contribution in [2.45, 2.75) is 51.2 Å². The summed E-state index contributed by atoms with van der Waals surface area (Å²) in [5, 5.41) is 5.99. The van der Waals surface area contributed by atoms with Crippen molar-refractivity contribution in [3.63, 3.8) is 0 Å². The molecule has 3 atom stereocenters. The lowest BCUT2D eigenvalue weighted by molar-refractivity contribution is -0.186. The smallest absolute Gasteiger partial charge is 0.309 e. The zero-order valence-electron chi connectivity index (χ0n) is 12.0. The molecule has 1 saturated carbocycles. The molecule has 0 aromatic carbocycles. The van der Waals surface area contributed by atoms with Gasteiger partial charge in [-0.15, -0.1) is 11.3 Å². The zero-order chi connectivity index (χ0) is 15.5. The van der Waals surface area contributed by atoms with Gasteiger partial charge in [-0.25, -0.2) is 0 Å². The third-order valence-corrected chi connectivity index (χ3v) is 5.63. The monoisotopic (exact) mass is 339 g/mol. The molecule has 6 heteroatoms. The summed E-state index contributed by atoms with van der Waals surface area (Å²) in [6.45, 7) is 2.85. The molecule has 1 aromatic heterocycles. The van der Waals surface area contributed by atoms with Crippen LogP contribution in [0.2, 0.25) is 5.02 Å². The van der Waals surface area contributed by atoms with E-state index < -0.39 is 12.1 Å². The second-order valence-corrected chi connectivity index (χ2v) is 7.08. The average molecular weight is 340 g/mol. The van der Waals surface area contributed by atoms with E-state index >= 15 is 0 Å². The maximum absolute atomic E-state index is 13.0. The molecule has 0 radical (unpaired) electrons. The predicted molar refractivity (Wildman–Crippen MR) is 81.9 cm³/mol. The highest BCUT2D eigenvalue weighted by Gasteiger charge is 2.44. The van der Waals surface area contributed by atoms with Crippen LogP contribution in [0.1, 0.15) is 49.9 Å². The fraction of sp³-hybridized carbons (Fsp3) is 0.733. The highest BCUT2D eigenvalue weighted by Crippen LogP contribution is 2.45. The molecule has 1 aromatic rings. The van der Waals surface area contributed by atoms with Crippen molar-refractivity contribution in [1.82, 2.24) is 5.32 Å². The van der Waals surface area contributed by atoms with Crippen LogP contribution in [0.25, 0.3) is 0 Å². The van der Waals surface area contributed by atoms with E-state index in [0.717, 1.165) is 24.3 Å². The summed E-state index contributed by atoms with van der Waals surface area (Å²) >= 11 is 7.74. The molecule has 1 nitrogen and oxygen atoms in total. The van der Waals surface area contributed by atoms with E-state index in [4.69, 9.17) is 11.6 Å². The van der Waals surface area contributed by atoms with E-state index in [1.807, 2.05) is 11.4 Å². The Bertz CT molecular complexity index is 446. The fourth-order valence-electron chi connectivity index (χ4n) is 3.13. The van der Waals surface area contributed by atoms with E-state index in [-0.39, 0.29) is 24.8 Å². The van der Waals surface area contributed by atoms with E-state index in [1.54, 1.807) is 0 Å². The standard InChI is InChI=1S/C15H21ClF3NS/c1-2-7-20-13(14-12(16)6-8-21-14)10-4-3-5-11(9-10)15(17,18)19/h6,8,10-11,13,20H,2-5,7,9H2,1H3. The molecule has 1 aliphatic rings. The third-order valence-electron chi connectivity index (χ3n) is 4.19. The van der Waals surface area contributed by atoms with Gasteiger partial charge in [0.25, 0.3) is 0 Å². The van der Waals surface area contributed by atoms with Gasteiger partial charge in [0.1, 0.15) is 0 Å². The van der Waals surface area contributed by atoms with Gasteiger partial charge in [-0.3, -0.25) is 0 Å². The Morgan fingerprint density at radius 1 is 1.43 bits per heavy atom. The van der Waals surface area contributed by atoms with E-state index in [9.17, 15) is 13.2 Å². The lowest BCUT2D eigenvalue weighted by Crippen LogP contribution is -2.35. The molecular formula is C15H21ClF3NS. The van der Waals surface area contributed by atoms with Crippen LogP contribution in [-0.2, 0) is 0 Å². The van der Waals surface area contributed by atoms with Crippen LogP contribution in [0.15, 0.2) is 11.4 Å². The summed E-state index contributed by atoms with van der Waals surface area (Å²) in [6, 6.07) is 1.77. The number of thiophene rings is 1. The second-order valence-electron chi connectivity index (χ2n) is 5.73. The lowest BCUT2D eigenvalue weighted by atomic mass is 9.77. The van der Waals surface area contributed by atoms with Gasteiger partial charge < -0.3 is 5.32 Å². The second kappa shape index (κ2) is 7.34. The topological polar surface area (TPSA) is 12.0 Å². The molecule has 1 fully saturated rings. The highest BCUT2D eigenvalue weighted by atomic mass is 35.5. The van der Waals surface area contributed by atoms with Gasteiger partial charge in [0.2, 0.25) is 0 Å². The number of alkyl halides is 3. The third kappa shape index (κ3) is 4.36. The molecule has 120 valence electrons. The first kappa shape index (κ1) is 17.1. The lowest BCUT2D eigenvalue weighted by Gasteiger charge is -2.35. The van der Waals surface area contributed by atoms with Crippen LogP contribution in [0.5, 0.6) is 0 Å². The molecule has 1 heterocycles. The van der Waals surface area contributed by atoms with Gasteiger partial charge in [0, 0.05) is 10.9 Å². The van der Waals surface area contributed by atoms with Crippen molar-refractivity contribution in [3.8, 4) is 0 Å². The van der Waals surface area contributed by atoms with E-state index in [1.165, 1.54) is 11.3 Å². The first-order valence-electron chi connectivity index (χ1n) is 7.46. The molecular weight excluding hydrogens is 319 g/mol. The highest BCUT2D eigenvalue weighted by molar-refractivity contribution is 7.10. The first-order valence-corrected chi connectivity index (χ1v) is 8.72. The Labute approximate surface area is 132 Å². The largest absolute Gasteiger partial charge is 0.391 e. The minimum absolute atomic E-state index is 0.00748. The van der Waals surface area contributed by atoms with Crippen molar-refractivity contribution in [3.05, 3.63) is 21.3 Å². The summed E-state index contributed by atoms with van der Waals surface area (Å²) in [4.78, 5) is 0.984. The number of rotatable bonds is 5. The van der Waals surface area contributed by atoms with Gasteiger partial charge >= 0.3 is 6.18 Å². The predicted octanol–water partition coefficient (Wildman–Crippen LogP) is 5.81. The van der Waals surface area contributed by atoms with Gasteiger partial charge in [-0.05, 0) is 49.6 Å². The fourth-order valence-corrected chi connectivity index (χ4v) is 4.47. The van der Waals surface area contributed by atoms with Crippen molar-refractivity contribution in [2.24, 2.45) is 11.8 Å². The molecule has 0 aliphatic heterocycles. The van der Waals surface area contributed by atoms with Crippen molar-refractivity contribution in [2.75, 3.05) is 6.54 Å². The Balaban J connectivity index is 2.15. The molecule has 0 amide bonds. The van der Waals surface area contributed by atoms with Crippen LogP contribution in [0, 0.1) is 11.8 Å². The summed E-state index contributed by atoms with van der Waals surface area (Å²) in [5.41, 5.74) is 0.